The van der Waals surface area contributed by atoms with Crippen molar-refractivity contribution in [3.63, 3.8) is 0 Å². The van der Waals surface area contributed by atoms with Crippen LogP contribution in [0.2, 0.25) is 0 Å². The zero-order valence-corrected chi connectivity index (χ0v) is 24.3. The Morgan fingerprint density at radius 3 is 1.73 bits per heavy atom. The van der Waals surface area contributed by atoms with Crippen LogP contribution in [0.5, 0.6) is 0 Å². The fourth-order valence-electron chi connectivity index (χ4n) is 5.10. The van der Waals surface area contributed by atoms with Gasteiger partial charge in [-0.05, 0) is 6.42 Å². The largest absolute Gasteiger partial charge is 0.394 e. The molecular formula is C28H53NO12. The number of carbonyl (C=O) groups excluding carboxylic acids is 1. The third-order valence-corrected chi connectivity index (χ3v) is 7.69. The lowest BCUT2D eigenvalue weighted by molar-refractivity contribution is -0.358. The third-order valence-electron chi connectivity index (χ3n) is 7.69. The zero-order valence-electron chi connectivity index (χ0n) is 24.3. The van der Waals surface area contributed by atoms with Crippen molar-refractivity contribution in [2.24, 2.45) is 0 Å². The smallest absolute Gasteiger partial charge is 0.246 e. The summed E-state index contributed by atoms with van der Waals surface area (Å²) in [5.41, 5.74) is 0. The zero-order chi connectivity index (χ0) is 30.2. The number of ether oxygens (including phenoxy) is 4. The van der Waals surface area contributed by atoms with Gasteiger partial charge in [0, 0.05) is 6.54 Å². The number of hydrogen-bond donors (Lipinski definition) is 8. The molecule has 0 aliphatic carbocycles. The summed E-state index contributed by atoms with van der Waals surface area (Å²) < 4.78 is 21.6. The predicted octanol–water partition coefficient (Wildman–Crippen LogP) is -0.556. The fourth-order valence-corrected chi connectivity index (χ4v) is 5.10. The molecule has 0 aromatic heterocycles. The van der Waals surface area contributed by atoms with Gasteiger partial charge in [-0.3, -0.25) is 4.79 Å². The Labute approximate surface area is 242 Å². The molecule has 0 bridgehead atoms. The first-order chi connectivity index (χ1) is 19.7. The molecule has 41 heavy (non-hydrogen) atoms. The molecule has 10 atom stereocenters. The summed E-state index contributed by atoms with van der Waals surface area (Å²) in [4.78, 5) is 12.2. The molecule has 2 aliphatic heterocycles. The number of amides is 1. The fraction of sp³-hybridized carbons (Fsp3) is 0.964. The van der Waals surface area contributed by atoms with E-state index in [2.05, 4.69) is 12.2 Å². The Balaban J connectivity index is 1.64. The van der Waals surface area contributed by atoms with Crippen LogP contribution in [-0.2, 0) is 23.7 Å². The van der Waals surface area contributed by atoms with E-state index in [0.717, 1.165) is 19.3 Å². The van der Waals surface area contributed by atoms with Crippen LogP contribution in [0, 0.1) is 0 Å². The molecule has 2 rings (SSSR count). The molecule has 1 amide bonds. The summed E-state index contributed by atoms with van der Waals surface area (Å²) in [7, 11) is 0. The second-order valence-electron chi connectivity index (χ2n) is 11.1. The van der Waals surface area contributed by atoms with Gasteiger partial charge in [-0.25, -0.2) is 0 Å². The number of aliphatic hydroxyl groups excluding tert-OH is 7. The van der Waals surface area contributed by atoms with Gasteiger partial charge in [0.15, 0.2) is 12.6 Å². The summed E-state index contributed by atoms with van der Waals surface area (Å²) >= 11 is 0. The Hall–Kier alpha value is -0.970. The van der Waals surface area contributed by atoms with Gasteiger partial charge < -0.3 is 60.0 Å². The minimum absolute atomic E-state index is 0.418. The third kappa shape index (κ3) is 11.9. The first-order valence-corrected chi connectivity index (χ1v) is 15.2. The summed E-state index contributed by atoms with van der Waals surface area (Å²) in [6, 6.07) is 0. The first-order valence-electron chi connectivity index (χ1n) is 15.2. The van der Waals surface area contributed by atoms with Crippen molar-refractivity contribution in [2.45, 2.75) is 145 Å². The Bertz CT molecular complexity index is 699. The van der Waals surface area contributed by atoms with Gasteiger partial charge in [0.2, 0.25) is 5.91 Å². The molecule has 0 aromatic rings. The van der Waals surface area contributed by atoms with Gasteiger partial charge >= 0.3 is 0 Å². The molecular weight excluding hydrogens is 542 g/mol. The summed E-state index contributed by atoms with van der Waals surface area (Å²) in [5, 5.41) is 73.0. The number of carbonyl (C=O) groups is 1. The highest BCUT2D eigenvalue weighted by Crippen LogP contribution is 2.29. The van der Waals surface area contributed by atoms with E-state index in [0.29, 0.717) is 6.54 Å². The van der Waals surface area contributed by atoms with E-state index in [1.807, 2.05) is 0 Å². The number of rotatable bonds is 20. The molecule has 2 fully saturated rings. The van der Waals surface area contributed by atoms with Crippen molar-refractivity contribution in [2.75, 3.05) is 26.4 Å². The van der Waals surface area contributed by atoms with Crippen LogP contribution in [0.4, 0.5) is 0 Å². The molecule has 242 valence electrons. The topological polar surface area (TPSA) is 208 Å². The van der Waals surface area contributed by atoms with Crippen molar-refractivity contribution in [1.82, 2.24) is 5.32 Å². The van der Waals surface area contributed by atoms with Crippen molar-refractivity contribution in [3.8, 4) is 0 Å². The van der Waals surface area contributed by atoms with Crippen molar-refractivity contribution in [3.05, 3.63) is 0 Å². The van der Waals surface area contributed by atoms with Crippen LogP contribution in [0.25, 0.3) is 0 Å². The van der Waals surface area contributed by atoms with Crippen LogP contribution in [0.15, 0.2) is 0 Å². The molecule has 0 spiro atoms. The van der Waals surface area contributed by atoms with Crippen LogP contribution in [0.1, 0.15) is 84.0 Å². The number of nitrogens with one attached hydrogen (secondary N) is 1. The number of hydrogen-bond acceptors (Lipinski definition) is 12. The minimum atomic E-state index is -1.75. The monoisotopic (exact) mass is 595 g/mol. The second-order valence-corrected chi connectivity index (χ2v) is 11.1. The lowest BCUT2D eigenvalue weighted by Crippen LogP contribution is -2.64. The maximum absolute atomic E-state index is 12.2. The Morgan fingerprint density at radius 1 is 0.659 bits per heavy atom. The van der Waals surface area contributed by atoms with Gasteiger partial charge in [0.25, 0.3) is 0 Å². The average Bonchev–Trinajstić information content (AvgIpc) is 2.97. The first kappa shape index (κ1) is 36.2. The van der Waals surface area contributed by atoms with Gasteiger partial charge in [0.05, 0.1) is 13.2 Å². The van der Waals surface area contributed by atoms with Gasteiger partial charge in [-0.1, -0.05) is 77.6 Å². The maximum atomic E-state index is 12.2. The van der Waals surface area contributed by atoms with E-state index in [1.54, 1.807) is 0 Å². The van der Waals surface area contributed by atoms with Crippen LogP contribution in [-0.4, -0.2) is 129 Å². The Kier molecular flexibility index (Phi) is 17.7. The molecule has 2 heterocycles. The predicted molar refractivity (Wildman–Crippen MR) is 146 cm³/mol. The SMILES string of the molecule is CCCCCCCCCCCCCCNC(=O)CO[C@@H]1O[C@H](CO)[C@@H](O[C@@H]2O[C@H](CO)[C@@H](O)[C@H](O)[C@H]2O)[C@H](O)[C@H]1O. The number of aliphatic hydroxyl groups is 7. The highest BCUT2D eigenvalue weighted by atomic mass is 16.7. The van der Waals surface area contributed by atoms with E-state index in [9.17, 15) is 40.5 Å². The molecule has 13 heteroatoms. The summed E-state index contributed by atoms with van der Waals surface area (Å²) in [6.07, 6.45) is -0.828. The molecule has 0 aromatic carbocycles. The van der Waals surface area contributed by atoms with Crippen LogP contribution >= 0.6 is 0 Å². The van der Waals surface area contributed by atoms with Crippen LogP contribution in [0.3, 0.4) is 0 Å². The van der Waals surface area contributed by atoms with Crippen molar-refractivity contribution in [1.29, 1.82) is 0 Å². The molecule has 0 unspecified atom stereocenters. The maximum Gasteiger partial charge on any atom is 0.246 e. The summed E-state index contributed by atoms with van der Waals surface area (Å²) in [5.74, 6) is -0.418. The summed E-state index contributed by atoms with van der Waals surface area (Å²) in [6.45, 7) is 0.909. The van der Waals surface area contributed by atoms with E-state index in [1.165, 1.54) is 57.8 Å². The van der Waals surface area contributed by atoms with E-state index in [4.69, 9.17) is 18.9 Å². The standard InChI is InChI=1S/C28H53NO12/c1-2-3-4-5-6-7-8-9-10-11-12-13-14-29-20(32)17-38-27-25(37)23(35)26(19(16-31)40-27)41-28-24(36)22(34)21(33)18(15-30)39-28/h18-19,21-28,30-31,33-37H,2-17H2,1H3,(H,29,32)/t18-,19-,21-,22+,23-,24-,25-,26-,27-,28+/m1/s1. The molecule has 0 saturated carbocycles. The molecule has 8 N–H and O–H groups in total. The average molecular weight is 596 g/mol. The quantitative estimate of drug-likeness (QED) is 0.0834. The molecule has 2 aliphatic rings. The molecule has 2 saturated heterocycles. The van der Waals surface area contributed by atoms with E-state index < -0.39 is 87.1 Å². The minimum Gasteiger partial charge on any atom is -0.394 e. The van der Waals surface area contributed by atoms with Gasteiger partial charge in [-0.2, -0.15) is 0 Å². The van der Waals surface area contributed by atoms with Crippen molar-refractivity contribution >= 4 is 5.91 Å². The van der Waals surface area contributed by atoms with Gasteiger partial charge in [-0.15, -0.1) is 0 Å². The molecule has 13 nitrogen and oxygen atoms in total. The molecule has 0 radical (unpaired) electrons. The highest BCUT2D eigenvalue weighted by molar-refractivity contribution is 5.77. The number of unbranched alkanes of at least 4 members (excludes halogenated alkanes) is 11. The van der Waals surface area contributed by atoms with E-state index >= 15 is 0 Å². The van der Waals surface area contributed by atoms with Crippen LogP contribution < -0.4 is 5.32 Å². The highest BCUT2D eigenvalue weighted by Gasteiger charge is 2.50. The van der Waals surface area contributed by atoms with Gasteiger partial charge in [0.1, 0.15) is 55.4 Å². The Morgan fingerprint density at radius 2 is 1.17 bits per heavy atom. The normalized spacial score (nSPS) is 34.0. The second kappa shape index (κ2) is 20.1. The lowest BCUT2D eigenvalue weighted by atomic mass is 9.97. The lowest BCUT2D eigenvalue weighted by Gasteiger charge is -2.45. The van der Waals surface area contributed by atoms with E-state index in [-0.39, 0.29) is 0 Å². The van der Waals surface area contributed by atoms with Crippen molar-refractivity contribution < 1.29 is 59.5 Å².